The number of hydrogen-bond acceptors (Lipinski definition) is 3. The van der Waals surface area contributed by atoms with Crippen LogP contribution in [0.2, 0.25) is 5.02 Å². The highest BCUT2D eigenvalue weighted by atomic mass is 35.5. The lowest BCUT2D eigenvalue weighted by atomic mass is 10.2. The van der Waals surface area contributed by atoms with Crippen LogP contribution < -0.4 is 15.5 Å². The number of hydrogen-bond donors (Lipinski definition) is 3. The Hall–Kier alpha value is -2.88. The first-order valence-electron chi connectivity index (χ1n) is 8.08. The van der Waals surface area contributed by atoms with E-state index in [4.69, 9.17) is 16.9 Å². The van der Waals surface area contributed by atoms with Gasteiger partial charge in [0, 0.05) is 5.69 Å². The first kappa shape index (κ1) is 19.4. The molecule has 0 aromatic heterocycles. The molecule has 134 valence electrons. The van der Waals surface area contributed by atoms with Gasteiger partial charge in [-0.1, -0.05) is 23.7 Å². The topological polar surface area (TPSA) is 86.4 Å². The number of likely N-dealkylation sites (N-methyl/N-ethyl adjacent to an activating group) is 1. The molecule has 0 bridgehead atoms. The molecule has 0 fully saturated rings. The van der Waals surface area contributed by atoms with Crippen LogP contribution in [0.1, 0.15) is 12.5 Å². The van der Waals surface area contributed by atoms with Gasteiger partial charge in [-0.2, -0.15) is 5.26 Å². The Kier molecular flexibility index (Phi) is 6.73. The zero-order valence-corrected chi connectivity index (χ0v) is 15.3. The van der Waals surface area contributed by atoms with E-state index in [0.29, 0.717) is 22.0 Å². The number of nitrogens with one attached hydrogen (secondary N) is 3. The third kappa shape index (κ3) is 5.31. The fourth-order valence-electron chi connectivity index (χ4n) is 2.27. The Morgan fingerprint density at radius 2 is 1.81 bits per heavy atom. The van der Waals surface area contributed by atoms with Gasteiger partial charge >= 0.3 is 0 Å². The predicted molar refractivity (Wildman–Crippen MR) is 101 cm³/mol. The summed E-state index contributed by atoms with van der Waals surface area (Å²) in [4.78, 5) is 25.3. The molecule has 0 spiro atoms. The minimum absolute atomic E-state index is 0.118. The van der Waals surface area contributed by atoms with Crippen LogP contribution in [0, 0.1) is 11.3 Å². The molecule has 2 rings (SSSR count). The number of rotatable bonds is 6. The van der Waals surface area contributed by atoms with E-state index >= 15 is 0 Å². The molecule has 0 saturated carbocycles. The van der Waals surface area contributed by atoms with Crippen molar-refractivity contribution in [2.45, 2.75) is 13.0 Å². The number of benzene rings is 2. The molecule has 2 aromatic rings. The number of carbonyl (C=O) groups excluding carboxylic acids is 2. The second-order valence-corrected chi connectivity index (χ2v) is 6.36. The molecule has 2 atom stereocenters. The van der Waals surface area contributed by atoms with E-state index in [1.54, 1.807) is 62.5 Å². The zero-order chi connectivity index (χ0) is 19.1. The van der Waals surface area contributed by atoms with Crippen molar-refractivity contribution in [1.82, 2.24) is 0 Å². The van der Waals surface area contributed by atoms with E-state index in [2.05, 4.69) is 10.6 Å². The summed E-state index contributed by atoms with van der Waals surface area (Å²) in [7, 11) is 1.77. The van der Waals surface area contributed by atoms with Crippen LogP contribution in [-0.4, -0.2) is 31.4 Å². The minimum Gasteiger partial charge on any atom is -0.321 e. The van der Waals surface area contributed by atoms with Crippen LogP contribution in [0.15, 0.2) is 48.5 Å². The van der Waals surface area contributed by atoms with Crippen LogP contribution >= 0.6 is 11.6 Å². The van der Waals surface area contributed by atoms with Gasteiger partial charge in [-0.25, -0.2) is 0 Å². The minimum atomic E-state index is -0.442. The first-order valence-corrected chi connectivity index (χ1v) is 8.46. The van der Waals surface area contributed by atoms with Crippen LogP contribution in [0.5, 0.6) is 0 Å². The van der Waals surface area contributed by atoms with Crippen molar-refractivity contribution in [1.29, 1.82) is 5.26 Å². The molecule has 1 unspecified atom stereocenters. The van der Waals surface area contributed by atoms with E-state index in [9.17, 15) is 9.59 Å². The van der Waals surface area contributed by atoms with Crippen LogP contribution in [-0.2, 0) is 9.59 Å². The van der Waals surface area contributed by atoms with Gasteiger partial charge in [-0.3, -0.25) is 9.59 Å². The standard InChI is InChI=1S/C19H19ClN4O2/c1-13(19(26)22-15-9-7-14(11-21)8-10-15)24(2)12-18(25)23-17-6-4-3-5-16(17)20/h3-10,13H,12H2,1-2H3,(H,22,26)(H,23,25)/p+1/t13-/m0/s1. The number of nitrogens with zero attached hydrogens (tertiary/aromatic N) is 1. The summed E-state index contributed by atoms with van der Waals surface area (Å²) in [6.45, 7) is 1.87. The first-order chi connectivity index (χ1) is 12.4. The second kappa shape index (κ2) is 8.99. The largest absolute Gasteiger partial charge is 0.321 e. The smallest absolute Gasteiger partial charge is 0.282 e. The van der Waals surface area contributed by atoms with Crippen molar-refractivity contribution >= 4 is 34.8 Å². The van der Waals surface area contributed by atoms with Gasteiger partial charge in [0.2, 0.25) is 0 Å². The number of amides is 2. The number of carbonyl (C=O) groups is 2. The van der Waals surface area contributed by atoms with Gasteiger partial charge in [-0.05, 0) is 43.3 Å². The van der Waals surface area contributed by atoms with Crippen molar-refractivity contribution in [3.63, 3.8) is 0 Å². The maximum Gasteiger partial charge on any atom is 0.282 e. The van der Waals surface area contributed by atoms with Crippen molar-refractivity contribution in [3.8, 4) is 6.07 Å². The third-order valence-electron chi connectivity index (χ3n) is 4.00. The molecule has 0 saturated heterocycles. The number of nitriles is 1. The van der Waals surface area contributed by atoms with Crippen molar-refractivity contribution in [2.24, 2.45) is 0 Å². The fraction of sp³-hybridized carbons (Fsp3) is 0.211. The molecular formula is C19H20ClN4O2+. The molecule has 0 aliphatic carbocycles. The van der Waals surface area contributed by atoms with Gasteiger partial charge in [0.05, 0.1) is 29.4 Å². The van der Waals surface area contributed by atoms with Crippen molar-refractivity contribution < 1.29 is 14.5 Å². The molecule has 0 aliphatic heterocycles. The lowest BCUT2D eigenvalue weighted by molar-refractivity contribution is -0.885. The van der Waals surface area contributed by atoms with Crippen molar-refractivity contribution in [3.05, 3.63) is 59.1 Å². The number of quaternary nitrogens is 1. The quantitative estimate of drug-likeness (QED) is 0.722. The van der Waals surface area contributed by atoms with Crippen molar-refractivity contribution in [2.75, 3.05) is 24.2 Å². The highest BCUT2D eigenvalue weighted by molar-refractivity contribution is 6.33. The maximum absolute atomic E-state index is 12.4. The van der Waals surface area contributed by atoms with Gasteiger partial charge in [0.15, 0.2) is 12.6 Å². The Balaban J connectivity index is 1.90. The summed E-state index contributed by atoms with van der Waals surface area (Å²) in [5, 5.41) is 14.8. The van der Waals surface area contributed by atoms with E-state index in [1.165, 1.54) is 0 Å². The normalized spacial score (nSPS) is 12.5. The van der Waals surface area contributed by atoms with Gasteiger partial charge in [0.25, 0.3) is 11.8 Å². The molecular weight excluding hydrogens is 352 g/mol. The average Bonchev–Trinajstić information content (AvgIpc) is 2.63. The monoisotopic (exact) mass is 371 g/mol. The van der Waals surface area contributed by atoms with Crippen LogP contribution in [0.3, 0.4) is 0 Å². The summed E-state index contributed by atoms with van der Waals surface area (Å²) < 4.78 is 0. The molecule has 0 radical (unpaired) electrons. The van der Waals surface area contributed by atoms with Crippen LogP contribution in [0.4, 0.5) is 11.4 Å². The molecule has 3 N–H and O–H groups in total. The second-order valence-electron chi connectivity index (χ2n) is 5.95. The average molecular weight is 372 g/mol. The summed E-state index contributed by atoms with van der Waals surface area (Å²) in [5.41, 5.74) is 1.67. The van der Waals surface area contributed by atoms with Crippen LogP contribution in [0.25, 0.3) is 0 Å². The van der Waals surface area contributed by atoms with E-state index in [-0.39, 0.29) is 18.4 Å². The molecule has 26 heavy (non-hydrogen) atoms. The summed E-state index contributed by atoms with van der Waals surface area (Å²) in [6, 6.07) is 15.2. The Labute approximate surface area is 157 Å². The molecule has 2 amide bonds. The molecule has 6 nitrogen and oxygen atoms in total. The van der Waals surface area contributed by atoms with Gasteiger partial charge < -0.3 is 15.5 Å². The molecule has 2 aromatic carbocycles. The highest BCUT2D eigenvalue weighted by Gasteiger charge is 2.24. The summed E-state index contributed by atoms with van der Waals surface area (Å²) >= 11 is 6.02. The van der Waals surface area contributed by atoms with E-state index in [1.807, 2.05) is 6.07 Å². The highest BCUT2D eigenvalue weighted by Crippen LogP contribution is 2.19. The summed E-state index contributed by atoms with van der Waals surface area (Å²) in [5.74, 6) is -0.439. The Bertz CT molecular complexity index is 830. The Morgan fingerprint density at radius 3 is 2.42 bits per heavy atom. The molecule has 7 heteroatoms. The number of anilines is 2. The molecule has 0 aliphatic rings. The zero-order valence-electron chi connectivity index (χ0n) is 14.5. The lowest BCUT2D eigenvalue weighted by Crippen LogP contribution is -3.14. The number of para-hydroxylation sites is 1. The summed E-state index contributed by atoms with van der Waals surface area (Å²) in [6.07, 6.45) is 0. The fourth-order valence-corrected chi connectivity index (χ4v) is 2.45. The SMILES string of the molecule is C[C@@H](C(=O)Nc1ccc(C#N)cc1)[NH+](C)CC(=O)Nc1ccccc1Cl. The van der Waals surface area contributed by atoms with Gasteiger partial charge in [0.1, 0.15) is 0 Å². The van der Waals surface area contributed by atoms with E-state index in [0.717, 1.165) is 4.90 Å². The Morgan fingerprint density at radius 1 is 1.15 bits per heavy atom. The molecule has 0 heterocycles. The third-order valence-corrected chi connectivity index (χ3v) is 4.33. The number of halogens is 1. The predicted octanol–water partition coefficient (Wildman–Crippen LogP) is 1.69. The maximum atomic E-state index is 12.4. The lowest BCUT2D eigenvalue weighted by Gasteiger charge is -2.20. The van der Waals surface area contributed by atoms with Gasteiger partial charge in [-0.15, -0.1) is 0 Å². The van der Waals surface area contributed by atoms with E-state index < -0.39 is 6.04 Å².